The van der Waals surface area contributed by atoms with Crippen molar-refractivity contribution in [2.45, 2.75) is 13.5 Å². The molecule has 0 unspecified atom stereocenters. The van der Waals surface area contributed by atoms with Gasteiger partial charge in [0.1, 0.15) is 5.69 Å². The minimum Gasteiger partial charge on any atom is -0.328 e. The molecule has 0 fully saturated rings. The highest BCUT2D eigenvalue weighted by molar-refractivity contribution is 9.11. The largest absolute Gasteiger partial charge is 0.328 e. The van der Waals surface area contributed by atoms with Crippen LogP contribution in [0.5, 0.6) is 0 Å². The molecule has 2 heterocycles. The summed E-state index contributed by atoms with van der Waals surface area (Å²) in [6, 6.07) is 1.79. The molecular weight excluding hydrogens is 350 g/mol. The topological polar surface area (TPSA) is 47.8 Å². The van der Waals surface area contributed by atoms with Gasteiger partial charge in [-0.25, -0.2) is 4.98 Å². The molecule has 0 N–H and O–H groups in total. The third kappa shape index (κ3) is 2.47. The maximum absolute atomic E-state index is 12.2. The summed E-state index contributed by atoms with van der Waals surface area (Å²) in [6.07, 6.45) is 4.99. The first-order valence-electron chi connectivity index (χ1n) is 5.00. The lowest BCUT2D eigenvalue weighted by atomic mass is 10.2. The molecule has 0 aliphatic heterocycles. The van der Waals surface area contributed by atoms with Gasteiger partial charge in [-0.3, -0.25) is 9.78 Å². The van der Waals surface area contributed by atoms with Crippen molar-refractivity contribution in [1.29, 1.82) is 0 Å². The molecular formula is C11H9Br2N3O. The molecule has 6 heteroatoms. The van der Waals surface area contributed by atoms with E-state index in [1.54, 1.807) is 29.2 Å². The van der Waals surface area contributed by atoms with E-state index >= 15 is 0 Å². The molecule has 17 heavy (non-hydrogen) atoms. The van der Waals surface area contributed by atoms with Crippen molar-refractivity contribution in [3.05, 3.63) is 45.1 Å². The Hall–Kier alpha value is -1.01. The van der Waals surface area contributed by atoms with Crippen LogP contribution in [0.3, 0.4) is 0 Å². The average Bonchev–Trinajstić information content (AvgIpc) is 2.76. The first kappa shape index (κ1) is 12.4. The van der Waals surface area contributed by atoms with Gasteiger partial charge in [-0.15, -0.1) is 0 Å². The number of carbonyl (C=O) groups excluding carboxylic acids is 1. The highest BCUT2D eigenvalue weighted by Gasteiger charge is 2.18. The van der Waals surface area contributed by atoms with E-state index in [2.05, 4.69) is 41.8 Å². The second kappa shape index (κ2) is 5.10. The number of imidazole rings is 1. The van der Waals surface area contributed by atoms with Gasteiger partial charge < -0.3 is 4.57 Å². The first-order chi connectivity index (χ1) is 8.13. The van der Waals surface area contributed by atoms with Crippen molar-refractivity contribution in [1.82, 2.24) is 14.5 Å². The maximum atomic E-state index is 12.2. The number of aryl methyl sites for hydroxylation is 1. The summed E-state index contributed by atoms with van der Waals surface area (Å²) >= 11 is 6.63. The lowest BCUT2D eigenvalue weighted by Gasteiger charge is -2.05. The summed E-state index contributed by atoms with van der Waals surface area (Å²) in [6.45, 7) is 2.66. The fourth-order valence-electron chi connectivity index (χ4n) is 1.46. The van der Waals surface area contributed by atoms with Crippen LogP contribution in [0.1, 0.15) is 23.2 Å². The van der Waals surface area contributed by atoms with Gasteiger partial charge >= 0.3 is 0 Å². The summed E-state index contributed by atoms with van der Waals surface area (Å²) in [4.78, 5) is 20.4. The van der Waals surface area contributed by atoms with Crippen molar-refractivity contribution in [2.24, 2.45) is 0 Å². The van der Waals surface area contributed by atoms with E-state index in [1.807, 2.05) is 6.92 Å². The van der Waals surface area contributed by atoms with E-state index in [4.69, 9.17) is 0 Å². The van der Waals surface area contributed by atoms with E-state index in [1.165, 1.54) is 0 Å². The molecule has 2 aromatic rings. The van der Waals surface area contributed by atoms with E-state index in [9.17, 15) is 4.79 Å². The number of ketones is 1. The molecule has 0 saturated heterocycles. The number of rotatable bonds is 3. The van der Waals surface area contributed by atoms with Crippen molar-refractivity contribution < 1.29 is 4.79 Å². The van der Waals surface area contributed by atoms with Gasteiger partial charge in [0.15, 0.2) is 5.82 Å². The summed E-state index contributed by atoms with van der Waals surface area (Å²) in [5.41, 5.74) is 0.370. The van der Waals surface area contributed by atoms with Crippen molar-refractivity contribution >= 4 is 37.6 Å². The Morgan fingerprint density at radius 1 is 1.41 bits per heavy atom. The minimum absolute atomic E-state index is 0.184. The van der Waals surface area contributed by atoms with Crippen molar-refractivity contribution in [3.8, 4) is 0 Å². The smallest absolute Gasteiger partial charge is 0.247 e. The van der Waals surface area contributed by atoms with E-state index in [0.29, 0.717) is 22.5 Å². The number of hydrogen-bond acceptors (Lipinski definition) is 3. The zero-order chi connectivity index (χ0) is 12.4. The van der Waals surface area contributed by atoms with Crippen LogP contribution in [0.15, 0.2) is 33.6 Å². The Morgan fingerprint density at radius 3 is 2.82 bits per heavy atom. The second-order valence-corrected chi connectivity index (χ2v) is 5.12. The van der Waals surface area contributed by atoms with Gasteiger partial charge in [-0.05, 0) is 44.8 Å². The van der Waals surface area contributed by atoms with Crippen LogP contribution in [0.25, 0.3) is 0 Å². The van der Waals surface area contributed by atoms with Gasteiger partial charge in [-0.1, -0.05) is 0 Å². The number of hydrogen-bond donors (Lipinski definition) is 0. The Labute approximate surface area is 115 Å². The molecule has 88 valence electrons. The standard InChI is InChI=1S/C11H9Br2N3O/c1-2-16-4-3-14-11(16)10(17)9-8(13)5-7(12)6-15-9/h3-6H,2H2,1H3. The minimum atomic E-state index is -0.184. The highest BCUT2D eigenvalue weighted by Crippen LogP contribution is 2.21. The van der Waals surface area contributed by atoms with Crippen LogP contribution in [0.2, 0.25) is 0 Å². The molecule has 0 saturated carbocycles. The number of aromatic nitrogens is 3. The summed E-state index contributed by atoms with van der Waals surface area (Å²) in [5.74, 6) is 0.222. The Balaban J connectivity index is 2.44. The zero-order valence-electron chi connectivity index (χ0n) is 9.02. The van der Waals surface area contributed by atoms with Crippen LogP contribution >= 0.6 is 31.9 Å². The van der Waals surface area contributed by atoms with E-state index in [-0.39, 0.29) is 5.78 Å². The molecule has 0 aliphatic carbocycles. The molecule has 0 amide bonds. The Morgan fingerprint density at radius 2 is 2.18 bits per heavy atom. The van der Waals surface area contributed by atoms with Gasteiger partial charge in [-0.2, -0.15) is 0 Å². The number of halogens is 2. The normalized spacial score (nSPS) is 10.5. The zero-order valence-corrected chi connectivity index (χ0v) is 12.2. The summed E-state index contributed by atoms with van der Waals surface area (Å²) in [7, 11) is 0. The molecule has 2 rings (SSSR count). The first-order valence-corrected chi connectivity index (χ1v) is 6.59. The molecule has 2 aromatic heterocycles. The fraction of sp³-hybridized carbons (Fsp3) is 0.182. The van der Waals surface area contributed by atoms with Gasteiger partial charge in [0.05, 0.1) is 0 Å². The van der Waals surface area contributed by atoms with Crippen LogP contribution in [0, 0.1) is 0 Å². The number of pyridine rings is 1. The summed E-state index contributed by atoms with van der Waals surface area (Å²) < 4.78 is 3.26. The predicted molar refractivity (Wildman–Crippen MR) is 71.0 cm³/mol. The lowest BCUT2D eigenvalue weighted by molar-refractivity contribution is 0.102. The molecule has 4 nitrogen and oxygen atoms in total. The fourth-order valence-corrected chi connectivity index (χ4v) is 2.63. The third-order valence-electron chi connectivity index (χ3n) is 2.28. The highest BCUT2D eigenvalue weighted by atomic mass is 79.9. The lowest BCUT2D eigenvalue weighted by Crippen LogP contribution is -2.12. The predicted octanol–water partition coefficient (Wildman–Crippen LogP) is 3.05. The van der Waals surface area contributed by atoms with Crippen molar-refractivity contribution in [2.75, 3.05) is 0 Å². The average molecular weight is 359 g/mol. The monoisotopic (exact) mass is 357 g/mol. The Kier molecular flexibility index (Phi) is 3.73. The van der Waals surface area contributed by atoms with Gasteiger partial charge in [0.2, 0.25) is 5.78 Å². The quantitative estimate of drug-likeness (QED) is 0.792. The van der Waals surface area contributed by atoms with Gasteiger partial charge in [0.25, 0.3) is 0 Å². The van der Waals surface area contributed by atoms with Gasteiger partial charge in [0, 0.05) is 34.1 Å². The maximum Gasteiger partial charge on any atom is 0.247 e. The van der Waals surface area contributed by atoms with Crippen LogP contribution < -0.4 is 0 Å². The van der Waals surface area contributed by atoms with Crippen LogP contribution in [-0.2, 0) is 6.54 Å². The summed E-state index contributed by atoms with van der Waals surface area (Å²) in [5, 5.41) is 0. The van der Waals surface area contributed by atoms with Crippen molar-refractivity contribution in [3.63, 3.8) is 0 Å². The molecule has 0 aromatic carbocycles. The number of carbonyl (C=O) groups is 1. The molecule has 0 aliphatic rings. The molecule has 0 radical (unpaired) electrons. The Bertz CT molecular complexity index is 566. The molecule has 0 bridgehead atoms. The molecule has 0 spiro atoms. The van der Waals surface area contributed by atoms with E-state index < -0.39 is 0 Å². The SMILES string of the molecule is CCn1ccnc1C(=O)c1ncc(Br)cc1Br. The third-order valence-corrected chi connectivity index (χ3v) is 3.32. The van der Waals surface area contributed by atoms with Crippen LogP contribution in [-0.4, -0.2) is 20.3 Å². The van der Waals surface area contributed by atoms with Crippen LogP contribution in [0.4, 0.5) is 0 Å². The van der Waals surface area contributed by atoms with E-state index in [0.717, 1.165) is 4.47 Å². The second-order valence-electron chi connectivity index (χ2n) is 3.35. The number of nitrogens with zero attached hydrogens (tertiary/aromatic N) is 3. The molecule has 0 atom stereocenters.